The molecule has 33 heavy (non-hydrogen) atoms. The fourth-order valence-corrected chi connectivity index (χ4v) is 4.86. The minimum absolute atomic E-state index is 0.125. The molecule has 1 atom stereocenters. The van der Waals surface area contributed by atoms with Crippen molar-refractivity contribution >= 4 is 21.6 Å². The summed E-state index contributed by atoms with van der Waals surface area (Å²) in [5.74, 6) is 0.202. The van der Waals surface area contributed by atoms with Crippen molar-refractivity contribution in [3.8, 4) is 5.75 Å². The van der Waals surface area contributed by atoms with Crippen LogP contribution in [0, 0.1) is 6.92 Å². The molecule has 0 aliphatic carbocycles. The Morgan fingerprint density at radius 2 is 1.58 bits per heavy atom. The summed E-state index contributed by atoms with van der Waals surface area (Å²) in [4.78, 5) is 13.1. The number of rotatable bonds is 9. The Labute approximate surface area is 196 Å². The van der Waals surface area contributed by atoms with Gasteiger partial charge in [0.15, 0.2) is 0 Å². The van der Waals surface area contributed by atoms with Gasteiger partial charge in [0, 0.05) is 0 Å². The number of carbonyl (C=O) groups excluding carboxylic acids is 1. The molecule has 7 heteroatoms. The van der Waals surface area contributed by atoms with Crippen LogP contribution in [0.15, 0.2) is 77.7 Å². The van der Waals surface area contributed by atoms with E-state index < -0.39 is 15.9 Å². The SMILES string of the molecule is CCc1ccc(C(C)NC(=O)CN(c2ccc(OC)cc2)S(=O)(=O)c2ccc(C)cc2)cc1. The molecule has 0 radical (unpaired) electrons. The van der Waals surface area contributed by atoms with Crippen LogP contribution in [-0.2, 0) is 21.2 Å². The summed E-state index contributed by atoms with van der Waals surface area (Å²) in [7, 11) is -2.42. The number of methoxy groups -OCH3 is 1. The number of ether oxygens (including phenoxy) is 1. The molecule has 174 valence electrons. The molecule has 6 nitrogen and oxygen atoms in total. The van der Waals surface area contributed by atoms with Gasteiger partial charge >= 0.3 is 0 Å². The van der Waals surface area contributed by atoms with Crippen LogP contribution in [0.5, 0.6) is 5.75 Å². The lowest BCUT2D eigenvalue weighted by Crippen LogP contribution is -2.41. The highest BCUT2D eigenvalue weighted by molar-refractivity contribution is 7.92. The Balaban J connectivity index is 1.86. The number of carbonyl (C=O) groups is 1. The number of aryl methyl sites for hydroxylation is 2. The predicted octanol–water partition coefficient (Wildman–Crippen LogP) is 4.64. The van der Waals surface area contributed by atoms with Crippen LogP contribution in [0.25, 0.3) is 0 Å². The molecule has 1 amide bonds. The van der Waals surface area contributed by atoms with Gasteiger partial charge in [-0.15, -0.1) is 0 Å². The summed E-state index contributed by atoms with van der Waals surface area (Å²) in [6.07, 6.45) is 0.939. The Kier molecular flexibility index (Phi) is 7.76. The van der Waals surface area contributed by atoms with Crippen molar-refractivity contribution in [3.63, 3.8) is 0 Å². The monoisotopic (exact) mass is 466 g/mol. The Hall–Kier alpha value is -3.32. The zero-order valence-corrected chi connectivity index (χ0v) is 20.2. The lowest BCUT2D eigenvalue weighted by molar-refractivity contribution is -0.120. The smallest absolute Gasteiger partial charge is 0.264 e. The van der Waals surface area contributed by atoms with Crippen LogP contribution in [0.1, 0.15) is 36.6 Å². The molecule has 0 heterocycles. The molecule has 3 aromatic rings. The van der Waals surface area contributed by atoms with E-state index >= 15 is 0 Å². The third-order valence-electron chi connectivity index (χ3n) is 5.52. The maximum absolute atomic E-state index is 13.5. The average Bonchev–Trinajstić information content (AvgIpc) is 2.83. The largest absolute Gasteiger partial charge is 0.497 e. The lowest BCUT2D eigenvalue weighted by atomic mass is 10.1. The molecule has 0 fully saturated rings. The van der Waals surface area contributed by atoms with Crippen molar-refractivity contribution in [1.29, 1.82) is 0 Å². The highest BCUT2D eigenvalue weighted by Gasteiger charge is 2.27. The number of hydrogen-bond donors (Lipinski definition) is 1. The van der Waals surface area contributed by atoms with Gasteiger partial charge in [0.05, 0.1) is 23.7 Å². The molecular formula is C26H30N2O4S. The lowest BCUT2D eigenvalue weighted by Gasteiger charge is -2.25. The van der Waals surface area contributed by atoms with Gasteiger partial charge in [-0.25, -0.2) is 8.42 Å². The summed E-state index contributed by atoms with van der Waals surface area (Å²) in [5, 5.41) is 2.92. The van der Waals surface area contributed by atoms with Crippen molar-refractivity contribution in [1.82, 2.24) is 5.32 Å². The number of benzene rings is 3. The molecule has 1 N–H and O–H groups in total. The van der Waals surface area contributed by atoms with Gasteiger partial charge in [-0.05, 0) is 67.8 Å². The van der Waals surface area contributed by atoms with Crippen LogP contribution < -0.4 is 14.4 Å². The van der Waals surface area contributed by atoms with E-state index in [4.69, 9.17) is 4.74 Å². The zero-order valence-electron chi connectivity index (χ0n) is 19.4. The summed E-state index contributed by atoms with van der Waals surface area (Å²) >= 11 is 0. The van der Waals surface area contributed by atoms with Gasteiger partial charge in [0.25, 0.3) is 10.0 Å². The number of anilines is 1. The third kappa shape index (κ3) is 5.93. The van der Waals surface area contributed by atoms with E-state index in [1.165, 1.54) is 12.7 Å². The van der Waals surface area contributed by atoms with Gasteiger partial charge < -0.3 is 10.1 Å². The second-order valence-electron chi connectivity index (χ2n) is 7.91. The molecule has 0 saturated heterocycles. The van der Waals surface area contributed by atoms with E-state index in [9.17, 15) is 13.2 Å². The second kappa shape index (κ2) is 10.5. The van der Waals surface area contributed by atoms with Crippen LogP contribution in [-0.4, -0.2) is 28.0 Å². The van der Waals surface area contributed by atoms with Crippen LogP contribution in [0.4, 0.5) is 5.69 Å². The fourth-order valence-electron chi connectivity index (χ4n) is 3.44. The topological polar surface area (TPSA) is 75.7 Å². The highest BCUT2D eigenvalue weighted by Crippen LogP contribution is 2.26. The van der Waals surface area contributed by atoms with Gasteiger partial charge in [-0.1, -0.05) is 48.9 Å². The molecule has 0 aliphatic rings. The Morgan fingerprint density at radius 3 is 2.12 bits per heavy atom. The first-order valence-corrected chi connectivity index (χ1v) is 12.3. The van der Waals surface area contributed by atoms with Crippen molar-refractivity contribution < 1.29 is 17.9 Å². The fraction of sp³-hybridized carbons (Fsp3) is 0.269. The summed E-state index contributed by atoms with van der Waals surface area (Å²) < 4.78 is 33.3. The Morgan fingerprint density at radius 1 is 0.970 bits per heavy atom. The zero-order chi connectivity index (χ0) is 24.0. The first kappa shape index (κ1) is 24.3. The van der Waals surface area contributed by atoms with Crippen molar-refractivity contribution in [2.24, 2.45) is 0 Å². The van der Waals surface area contributed by atoms with Crippen LogP contribution >= 0.6 is 0 Å². The summed E-state index contributed by atoms with van der Waals surface area (Å²) in [6.45, 7) is 5.51. The number of hydrogen-bond acceptors (Lipinski definition) is 4. The molecule has 3 rings (SSSR count). The minimum atomic E-state index is -3.96. The second-order valence-corrected chi connectivity index (χ2v) is 9.77. The normalized spacial score (nSPS) is 12.1. The number of sulfonamides is 1. The van der Waals surface area contributed by atoms with Crippen molar-refractivity contribution in [2.75, 3.05) is 18.0 Å². The quantitative estimate of drug-likeness (QED) is 0.499. The minimum Gasteiger partial charge on any atom is -0.497 e. The maximum atomic E-state index is 13.5. The number of amides is 1. The molecular weight excluding hydrogens is 436 g/mol. The van der Waals surface area contributed by atoms with E-state index in [1.807, 2.05) is 38.1 Å². The molecule has 1 unspecified atom stereocenters. The van der Waals surface area contributed by atoms with E-state index in [0.29, 0.717) is 11.4 Å². The summed E-state index contributed by atoms with van der Waals surface area (Å²) in [5.41, 5.74) is 3.50. The van der Waals surface area contributed by atoms with Crippen LogP contribution in [0.3, 0.4) is 0 Å². The number of nitrogens with one attached hydrogen (secondary N) is 1. The highest BCUT2D eigenvalue weighted by atomic mass is 32.2. The maximum Gasteiger partial charge on any atom is 0.264 e. The van der Waals surface area contributed by atoms with Crippen molar-refractivity contribution in [2.45, 2.75) is 38.1 Å². The summed E-state index contributed by atoms with van der Waals surface area (Å²) in [6, 6.07) is 20.9. The molecule has 0 bridgehead atoms. The van der Waals surface area contributed by atoms with Gasteiger partial charge in [-0.3, -0.25) is 9.10 Å². The van der Waals surface area contributed by atoms with E-state index in [-0.39, 0.29) is 17.5 Å². The molecule has 0 aromatic heterocycles. The first-order valence-electron chi connectivity index (χ1n) is 10.9. The standard InChI is InChI=1S/C26H30N2O4S/c1-5-21-8-10-22(11-9-21)20(3)27-26(29)18-28(23-12-14-24(32-4)15-13-23)33(30,31)25-16-6-19(2)7-17-25/h6-17,20H,5,18H2,1-4H3,(H,27,29). The van der Waals surface area contributed by atoms with E-state index in [0.717, 1.165) is 21.9 Å². The molecule has 0 aliphatic heterocycles. The molecule has 3 aromatic carbocycles. The van der Waals surface area contributed by atoms with Crippen molar-refractivity contribution in [3.05, 3.63) is 89.5 Å². The molecule has 0 spiro atoms. The van der Waals surface area contributed by atoms with E-state index in [1.54, 1.807) is 48.5 Å². The van der Waals surface area contributed by atoms with Gasteiger partial charge in [-0.2, -0.15) is 0 Å². The predicted molar refractivity (Wildman–Crippen MR) is 131 cm³/mol. The van der Waals surface area contributed by atoms with Crippen LogP contribution in [0.2, 0.25) is 0 Å². The van der Waals surface area contributed by atoms with E-state index in [2.05, 4.69) is 12.2 Å². The Bertz CT molecular complexity index is 1170. The van der Waals surface area contributed by atoms with Gasteiger partial charge in [0.1, 0.15) is 12.3 Å². The third-order valence-corrected chi connectivity index (χ3v) is 7.31. The molecule has 0 saturated carbocycles. The number of nitrogens with zero attached hydrogens (tertiary/aromatic N) is 1. The first-order chi connectivity index (χ1) is 15.7. The van der Waals surface area contributed by atoms with Gasteiger partial charge in [0.2, 0.25) is 5.91 Å². The average molecular weight is 467 g/mol.